The van der Waals surface area contributed by atoms with Crippen molar-refractivity contribution < 1.29 is 28.6 Å². The standard InChI is InChI=1S/C31H58N2O6/c1-4-5-6-7-8-9-10-11-12-13-14-15-18-21-31(36)39-26-29(34)32-22-19-16-17-20-30(35)33-24-28(38-3)23-27(33)25-37-2/h27-28H,4-26H2,1-3H3,(H,32,34)/t27-,28+/m0/s1. The molecule has 228 valence electrons. The first-order valence-corrected chi connectivity index (χ1v) is 15.7. The van der Waals surface area contributed by atoms with Crippen molar-refractivity contribution in [2.24, 2.45) is 0 Å². The third-order valence-corrected chi connectivity index (χ3v) is 7.63. The Morgan fingerprint density at radius 2 is 1.33 bits per heavy atom. The van der Waals surface area contributed by atoms with Crippen LogP contribution in [0.2, 0.25) is 0 Å². The molecule has 0 aliphatic carbocycles. The molecule has 8 nitrogen and oxygen atoms in total. The maximum atomic E-state index is 12.6. The van der Waals surface area contributed by atoms with E-state index in [1.165, 1.54) is 64.2 Å². The van der Waals surface area contributed by atoms with Crippen LogP contribution in [0.5, 0.6) is 0 Å². The largest absolute Gasteiger partial charge is 0.456 e. The molecule has 39 heavy (non-hydrogen) atoms. The molecular formula is C31H58N2O6. The summed E-state index contributed by atoms with van der Waals surface area (Å²) in [7, 11) is 3.33. The summed E-state index contributed by atoms with van der Waals surface area (Å²) in [5, 5.41) is 2.79. The molecule has 8 heteroatoms. The van der Waals surface area contributed by atoms with E-state index in [9.17, 15) is 14.4 Å². The number of methoxy groups -OCH3 is 2. The lowest BCUT2D eigenvalue weighted by Crippen LogP contribution is -2.38. The summed E-state index contributed by atoms with van der Waals surface area (Å²) >= 11 is 0. The zero-order valence-electron chi connectivity index (χ0n) is 25.3. The van der Waals surface area contributed by atoms with Gasteiger partial charge in [0.1, 0.15) is 0 Å². The van der Waals surface area contributed by atoms with Crippen LogP contribution >= 0.6 is 0 Å². The fraction of sp³-hybridized carbons (Fsp3) is 0.903. The van der Waals surface area contributed by atoms with Gasteiger partial charge in [-0.1, -0.05) is 90.4 Å². The van der Waals surface area contributed by atoms with E-state index in [2.05, 4.69) is 12.2 Å². The molecule has 1 aliphatic heterocycles. The Balaban J connectivity index is 1.92. The van der Waals surface area contributed by atoms with Crippen molar-refractivity contribution in [1.82, 2.24) is 10.2 Å². The average molecular weight is 555 g/mol. The molecule has 2 amide bonds. The smallest absolute Gasteiger partial charge is 0.306 e. The number of hydrogen-bond acceptors (Lipinski definition) is 6. The van der Waals surface area contributed by atoms with Crippen LogP contribution in [0.1, 0.15) is 129 Å². The van der Waals surface area contributed by atoms with Crippen molar-refractivity contribution in [2.75, 3.05) is 40.5 Å². The van der Waals surface area contributed by atoms with E-state index in [0.29, 0.717) is 32.5 Å². The predicted octanol–water partition coefficient (Wildman–Crippen LogP) is 5.95. The average Bonchev–Trinajstić information content (AvgIpc) is 3.35. The normalized spacial score (nSPS) is 16.9. The molecule has 0 unspecified atom stereocenters. The zero-order valence-corrected chi connectivity index (χ0v) is 25.3. The van der Waals surface area contributed by atoms with Gasteiger partial charge in [0, 0.05) is 40.2 Å². The highest BCUT2D eigenvalue weighted by Gasteiger charge is 2.34. The number of hydrogen-bond donors (Lipinski definition) is 1. The van der Waals surface area contributed by atoms with Gasteiger partial charge in [0.05, 0.1) is 18.8 Å². The molecule has 1 aliphatic rings. The highest BCUT2D eigenvalue weighted by molar-refractivity contribution is 5.80. The number of carbonyl (C=O) groups excluding carboxylic acids is 3. The van der Waals surface area contributed by atoms with Gasteiger partial charge in [0.15, 0.2) is 6.61 Å². The summed E-state index contributed by atoms with van der Waals surface area (Å²) < 4.78 is 15.8. The number of esters is 1. The molecular weight excluding hydrogens is 496 g/mol. The lowest BCUT2D eigenvalue weighted by molar-refractivity contribution is -0.148. The first-order chi connectivity index (χ1) is 19.0. The Morgan fingerprint density at radius 3 is 1.92 bits per heavy atom. The molecule has 0 spiro atoms. The van der Waals surface area contributed by atoms with Crippen LogP contribution in [0, 0.1) is 0 Å². The number of rotatable bonds is 25. The predicted molar refractivity (Wildman–Crippen MR) is 156 cm³/mol. The van der Waals surface area contributed by atoms with Gasteiger partial charge in [0.2, 0.25) is 5.91 Å². The number of ether oxygens (including phenoxy) is 3. The number of unbranched alkanes of at least 4 members (excludes halogenated alkanes) is 14. The van der Waals surface area contributed by atoms with Crippen molar-refractivity contribution in [3.8, 4) is 0 Å². The van der Waals surface area contributed by atoms with Gasteiger partial charge in [-0.15, -0.1) is 0 Å². The van der Waals surface area contributed by atoms with Crippen molar-refractivity contribution in [3.05, 3.63) is 0 Å². The fourth-order valence-electron chi connectivity index (χ4n) is 5.21. The second kappa shape index (κ2) is 24.2. The quantitative estimate of drug-likeness (QED) is 0.111. The second-order valence-electron chi connectivity index (χ2n) is 11.1. The number of carbonyl (C=O) groups is 3. The Kier molecular flexibility index (Phi) is 21.9. The van der Waals surface area contributed by atoms with Crippen molar-refractivity contribution >= 4 is 17.8 Å². The molecule has 1 heterocycles. The van der Waals surface area contributed by atoms with Gasteiger partial charge in [-0.05, 0) is 25.7 Å². The summed E-state index contributed by atoms with van der Waals surface area (Å²) in [5.41, 5.74) is 0. The third-order valence-electron chi connectivity index (χ3n) is 7.63. The van der Waals surface area contributed by atoms with Gasteiger partial charge in [0.25, 0.3) is 5.91 Å². The van der Waals surface area contributed by atoms with E-state index >= 15 is 0 Å². The van der Waals surface area contributed by atoms with E-state index < -0.39 is 0 Å². The number of nitrogens with zero attached hydrogens (tertiary/aromatic N) is 1. The summed E-state index contributed by atoms with van der Waals surface area (Å²) in [5.74, 6) is -0.429. The lowest BCUT2D eigenvalue weighted by atomic mass is 10.0. The van der Waals surface area contributed by atoms with Gasteiger partial charge in [-0.25, -0.2) is 0 Å². The Labute approximate surface area is 238 Å². The van der Waals surface area contributed by atoms with E-state index in [4.69, 9.17) is 14.2 Å². The molecule has 1 rings (SSSR count). The molecule has 1 N–H and O–H groups in total. The van der Waals surface area contributed by atoms with E-state index in [1.54, 1.807) is 14.2 Å². The molecule has 0 aromatic rings. The highest BCUT2D eigenvalue weighted by Crippen LogP contribution is 2.22. The van der Waals surface area contributed by atoms with Crippen LogP contribution in [0.3, 0.4) is 0 Å². The van der Waals surface area contributed by atoms with Gasteiger partial charge in [-0.3, -0.25) is 14.4 Å². The van der Waals surface area contributed by atoms with E-state index in [-0.39, 0.29) is 36.5 Å². The maximum Gasteiger partial charge on any atom is 0.306 e. The van der Waals surface area contributed by atoms with Crippen LogP contribution in [0.4, 0.5) is 0 Å². The first-order valence-electron chi connectivity index (χ1n) is 15.7. The molecule has 1 saturated heterocycles. The maximum absolute atomic E-state index is 12.6. The minimum atomic E-state index is -0.295. The SMILES string of the molecule is CCCCCCCCCCCCCCCC(=O)OCC(=O)NCCCCCC(=O)N1C[C@H](OC)C[C@H]1COC. The summed E-state index contributed by atoms with van der Waals surface area (Å²) in [6.45, 7) is 3.71. The minimum Gasteiger partial charge on any atom is -0.456 e. The van der Waals surface area contributed by atoms with Crippen molar-refractivity contribution in [2.45, 2.75) is 141 Å². The summed E-state index contributed by atoms with van der Waals surface area (Å²) in [4.78, 5) is 38.3. The fourth-order valence-corrected chi connectivity index (χ4v) is 5.21. The number of amides is 2. The Hall–Kier alpha value is -1.67. The number of nitrogens with one attached hydrogen (secondary N) is 1. The van der Waals surface area contributed by atoms with Crippen LogP contribution in [0.25, 0.3) is 0 Å². The van der Waals surface area contributed by atoms with Gasteiger partial charge >= 0.3 is 5.97 Å². The van der Waals surface area contributed by atoms with Gasteiger partial charge < -0.3 is 24.4 Å². The van der Waals surface area contributed by atoms with Crippen molar-refractivity contribution in [1.29, 1.82) is 0 Å². The molecule has 0 saturated carbocycles. The summed E-state index contributed by atoms with van der Waals surface area (Å²) in [6.07, 6.45) is 20.6. The van der Waals surface area contributed by atoms with Crippen LogP contribution < -0.4 is 5.32 Å². The van der Waals surface area contributed by atoms with Crippen LogP contribution in [-0.4, -0.2) is 75.4 Å². The Morgan fingerprint density at radius 1 is 0.769 bits per heavy atom. The number of likely N-dealkylation sites (tertiary alicyclic amines) is 1. The Bertz CT molecular complexity index is 645. The first kappa shape index (κ1) is 35.4. The van der Waals surface area contributed by atoms with Crippen LogP contribution in [-0.2, 0) is 28.6 Å². The highest BCUT2D eigenvalue weighted by atomic mass is 16.5. The lowest BCUT2D eigenvalue weighted by Gasteiger charge is -2.23. The topological polar surface area (TPSA) is 94.2 Å². The molecule has 1 fully saturated rings. The molecule has 0 aromatic carbocycles. The molecule has 0 aromatic heterocycles. The molecule has 0 bridgehead atoms. The minimum absolute atomic E-state index is 0.0767. The summed E-state index contributed by atoms with van der Waals surface area (Å²) in [6, 6.07) is 0.0824. The monoisotopic (exact) mass is 554 g/mol. The van der Waals surface area contributed by atoms with Crippen molar-refractivity contribution in [3.63, 3.8) is 0 Å². The zero-order chi connectivity index (χ0) is 28.6. The van der Waals surface area contributed by atoms with E-state index in [1.807, 2.05) is 4.90 Å². The molecule has 2 atom stereocenters. The van der Waals surface area contributed by atoms with Crippen LogP contribution in [0.15, 0.2) is 0 Å². The third kappa shape index (κ3) is 18.3. The van der Waals surface area contributed by atoms with E-state index in [0.717, 1.165) is 44.9 Å². The second-order valence-corrected chi connectivity index (χ2v) is 11.1. The van der Waals surface area contributed by atoms with Gasteiger partial charge in [-0.2, -0.15) is 0 Å². The molecule has 0 radical (unpaired) electrons.